The molecule has 2 aliphatic rings. The van der Waals surface area contributed by atoms with Gasteiger partial charge in [0, 0.05) is 44.3 Å². The lowest BCUT2D eigenvalue weighted by molar-refractivity contribution is -0.276. The molecule has 0 aromatic heterocycles. The van der Waals surface area contributed by atoms with Crippen molar-refractivity contribution in [2.24, 2.45) is 5.92 Å². The van der Waals surface area contributed by atoms with Gasteiger partial charge in [-0.15, -0.1) is 0 Å². The van der Waals surface area contributed by atoms with Crippen LogP contribution in [0.2, 0.25) is 0 Å². The summed E-state index contributed by atoms with van der Waals surface area (Å²) in [6, 6.07) is 24.9. The highest BCUT2D eigenvalue weighted by atomic mass is 16.7. The molecule has 2 saturated heterocycles. The number of rotatable bonds is 11. The number of ether oxygens (including phenoxy) is 3. The van der Waals surface area contributed by atoms with E-state index in [4.69, 9.17) is 14.2 Å². The van der Waals surface area contributed by atoms with Gasteiger partial charge < -0.3 is 30.0 Å². The standard InChI is InChI=1S/C35H45N3O5/c1-4-36-35(40)37-20-26-7-5-8-30(19-26)27-14-16-29(17-15-27)34-42-32(21-38-18-6-9-31(38)23-41-3)24(2)33(43-34)28-12-10-25(22-39)11-13-28/h5,7-8,10-17,19,24,31-34,39H,4,6,9,18,20-23H2,1-3H3,(H2,36,37,40). The summed E-state index contributed by atoms with van der Waals surface area (Å²) >= 11 is 0. The molecule has 2 heterocycles. The number of benzene rings is 3. The van der Waals surface area contributed by atoms with E-state index in [9.17, 15) is 9.90 Å². The fourth-order valence-electron chi connectivity index (χ4n) is 6.17. The van der Waals surface area contributed by atoms with Crippen LogP contribution in [0.3, 0.4) is 0 Å². The fraction of sp³-hybridized carbons (Fsp3) is 0.457. The van der Waals surface area contributed by atoms with Gasteiger partial charge in [-0.05, 0) is 60.2 Å². The number of aliphatic hydroxyl groups is 1. The number of hydrogen-bond acceptors (Lipinski definition) is 6. The van der Waals surface area contributed by atoms with Gasteiger partial charge in [-0.3, -0.25) is 4.90 Å². The minimum absolute atomic E-state index is 0.0194. The molecule has 230 valence electrons. The zero-order chi connectivity index (χ0) is 30.2. The molecule has 5 rings (SSSR count). The lowest BCUT2D eigenvalue weighted by atomic mass is 9.89. The smallest absolute Gasteiger partial charge is 0.315 e. The van der Waals surface area contributed by atoms with Crippen molar-refractivity contribution < 1.29 is 24.1 Å². The summed E-state index contributed by atoms with van der Waals surface area (Å²) in [6.07, 6.45) is 1.65. The highest BCUT2D eigenvalue weighted by molar-refractivity contribution is 5.73. The Morgan fingerprint density at radius 3 is 2.47 bits per heavy atom. The van der Waals surface area contributed by atoms with Gasteiger partial charge in [0.25, 0.3) is 0 Å². The Morgan fingerprint density at radius 1 is 0.977 bits per heavy atom. The van der Waals surface area contributed by atoms with E-state index in [-0.39, 0.29) is 30.8 Å². The Labute approximate surface area is 255 Å². The summed E-state index contributed by atoms with van der Waals surface area (Å²) in [7, 11) is 1.77. The molecule has 5 atom stereocenters. The molecule has 3 aromatic carbocycles. The average Bonchev–Trinajstić information content (AvgIpc) is 3.48. The summed E-state index contributed by atoms with van der Waals surface area (Å²) in [5.74, 6) is 0.134. The molecule has 2 fully saturated rings. The van der Waals surface area contributed by atoms with E-state index < -0.39 is 6.29 Å². The quantitative estimate of drug-likeness (QED) is 0.272. The second-order valence-electron chi connectivity index (χ2n) is 11.6. The van der Waals surface area contributed by atoms with Crippen molar-refractivity contribution in [2.45, 2.75) is 64.4 Å². The maximum Gasteiger partial charge on any atom is 0.315 e. The van der Waals surface area contributed by atoms with Gasteiger partial charge in [-0.2, -0.15) is 0 Å². The van der Waals surface area contributed by atoms with Crippen LogP contribution in [0, 0.1) is 5.92 Å². The van der Waals surface area contributed by atoms with Crippen molar-refractivity contribution in [3.63, 3.8) is 0 Å². The van der Waals surface area contributed by atoms with Crippen LogP contribution in [-0.4, -0.2) is 61.5 Å². The number of hydrogen-bond donors (Lipinski definition) is 3. The molecule has 2 aliphatic heterocycles. The van der Waals surface area contributed by atoms with E-state index in [1.54, 1.807) is 7.11 Å². The van der Waals surface area contributed by atoms with Crippen LogP contribution >= 0.6 is 0 Å². The van der Waals surface area contributed by atoms with Crippen LogP contribution in [0.4, 0.5) is 4.79 Å². The number of amides is 2. The Bertz CT molecular complexity index is 1320. The molecule has 5 unspecified atom stereocenters. The number of urea groups is 1. The van der Waals surface area contributed by atoms with Gasteiger partial charge in [-0.25, -0.2) is 4.79 Å². The monoisotopic (exact) mass is 587 g/mol. The van der Waals surface area contributed by atoms with Gasteiger partial charge in [0.15, 0.2) is 6.29 Å². The van der Waals surface area contributed by atoms with Crippen LogP contribution < -0.4 is 10.6 Å². The number of nitrogens with one attached hydrogen (secondary N) is 2. The number of carbonyl (C=O) groups is 1. The van der Waals surface area contributed by atoms with Crippen molar-refractivity contribution in [3.8, 4) is 11.1 Å². The average molecular weight is 588 g/mol. The second-order valence-corrected chi connectivity index (χ2v) is 11.6. The van der Waals surface area contributed by atoms with Crippen LogP contribution in [0.1, 0.15) is 61.3 Å². The zero-order valence-electron chi connectivity index (χ0n) is 25.5. The molecule has 2 amide bonds. The number of nitrogens with zero attached hydrogens (tertiary/aromatic N) is 1. The second kappa shape index (κ2) is 14.9. The first-order chi connectivity index (χ1) is 21.0. The molecular weight excluding hydrogens is 542 g/mol. The third-order valence-electron chi connectivity index (χ3n) is 8.63. The maximum absolute atomic E-state index is 11.8. The number of carbonyl (C=O) groups excluding carboxylic acids is 1. The number of aliphatic hydroxyl groups excluding tert-OH is 1. The molecule has 0 radical (unpaired) electrons. The summed E-state index contributed by atoms with van der Waals surface area (Å²) in [4.78, 5) is 14.3. The van der Waals surface area contributed by atoms with E-state index >= 15 is 0 Å². The van der Waals surface area contributed by atoms with Gasteiger partial charge >= 0.3 is 6.03 Å². The van der Waals surface area contributed by atoms with E-state index in [0.29, 0.717) is 19.1 Å². The van der Waals surface area contributed by atoms with Gasteiger partial charge in [0.2, 0.25) is 0 Å². The van der Waals surface area contributed by atoms with E-state index in [1.165, 1.54) is 6.42 Å². The zero-order valence-corrected chi connectivity index (χ0v) is 25.5. The van der Waals surface area contributed by atoms with Crippen molar-refractivity contribution in [1.82, 2.24) is 15.5 Å². The predicted octanol–water partition coefficient (Wildman–Crippen LogP) is 5.57. The number of likely N-dealkylation sites (tertiary alicyclic amines) is 1. The van der Waals surface area contributed by atoms with Crippen molar-refractivity contribution >= 4 is 6.03 Å². The SMILES string of the molecule is CCNC(=O)NCc1cccc(-c2ccc(C3OC(CN4CCCC4COC)C(C)C(c4ccc(CO)cc4)O3)cc2)c1. The fourth-order valence-corrected chi connectivity index (χ4v) is 6.17. The molecule has 8 heteroatoms. The molecule has 43 heavy (non-hydrogen) atoms. The van der Waals surface area contributed by atoms with Crippen LogP contribution in [-0.2, 0) is 27.4 Å². The highest BCUT2D eigenvalue weighted by Gasteiger charge is 2.40. The molecule has 0 saturated carbocycles. The maximum atomic E-state index is 11.8. The molecule has 3 N–H and O–H groups in total. The predicted molar refractivity (Wildman–Crippen MR) is 167 cm³/mol. The summed E-state index contributed by atoms with van der Waals surface area (Å²) in [5, 5.41) is 15.2. The Balaban J connectivity index is 1.34. The van der Waals surface area contributed by atoms with Crippen LogP contribution in [0.5, 0.6) is 0 Å². The first kappa shape index (κ1) is 31.2. The van der Waals surface area contributed by atoms with E-state index in [0.717, 1.165) is 59.5 Å². The number of methoxy groups -OCH3 is 1. The Hall–Kier alpha value is -3.27. The normalized spacial score (nSPS) is 24.1. The molecule has 0 bridgehead atoms. The van der Waals surface area contributed by atoms with Crippen molar-refractivity contribution in [1.29, 1.82) is 0 Å². The molecular formula is C35H45N3O5. The largest absolute Gasteiger partial charge is 0.392 e. The Kier molecular flexibility index (Phi) is 10.8. The minimum Gasteiger partial charge on any atom is -0.392 e. The van der Waals surface area contributed by atoms with Crippen molar-refractivity contribution in [3.05, 3.63) is 95.1 Å². The van der Waals surface area contributed by atoms with Crippen molar-refractivity contribution in [2.75, 3.05) is 33.4 Å². The first-order valence-corrected chi connectivity index (χ1v) is 15.4. The van der Waals surface area contributed by atoms with Crippen LogP contribution in [0.25, 0.3) is 11.1 Å². The Morgan fingerprint density at radius 2 is 1.74 bits per heavy atom. The lowest BCUT2D eigenvalue weighted by Crippen LogP contribution is -2.46. The van der Waals surface area contributed by atoms with Gasteiger partial charge in [0.1, 0.15) is 0 Å². The van der Waals surface area contributed by atoms with E-state index in [1.807, 2.05) is 31.2 Å². The molecule has 0 spiro atoms. The van der Waals surface area contributed by atoms with Gasteiger partial charge in [0.05, 0.1) is 25.4 Å². The third-order valence-corrected chi connectivity index (χ3v) is 8.63. The third kappa shape index (κ3) is 7.82. The van der Waals surface area contributed by atoms with E-state index in [2.05, 4.69) is 71.0 Å². The van der Waals surface area contributed by atoms with Gasteiger partial charge in [-0.1, -0.05) is 73.7 Å². The topological polar surface area (TPSA) is 92.3 Å². The first-order valence-electron chi connectivity index (χ1n) is 15.4. The summed E-state index contributed by atoms with van der Waals surface area (Å²) in [6.45, 7) is 7.80. The van der Waals surface area contributed by atoms with Crippen LogP contribution in [0.15, 0.2) is 72.8 Å². The summed E-state index contributed by atoms with van der Waals surface area (Å²) < 4.78 is 18.9. The highest BCUT2D eigenvalue weighted by Crippen LogP contribution is 2.42. The molecule has 0 aliphatic carbocycles. The minimum atomic E-state index is -0.506. The molecule has 8 nitrogen and oxygen atoms in total. The molecule has 3 aromatic rings. The summed E-state index contributed by atoms with van der Waals surface area (Å²) in [5.41, 5.74) is 6.15. The lowest BCUT2D eigenvalue weighted by Gasteiger charge is -2.43.